The van der Waals surface area contributed by atoms with Gasteiger partial charge in [-0.05, 0) is 41.5 Å². The number of carboxylic acid groups (broad SMARTS) is 1. The second-order valence-corrected chi connectivity index (χ2v) is 7.21. The molecule has 2 aromatic carbocycles. The van der Waals surface area contributed by atoms with Gasteiger partial charge in [-0.25, -0.2) is 9.78 Å². The van der Waals surface area contributed by atoms with Gasteiger partial charge in [-0.3, -0.25) is 10.1 Å². The molecule has 0 atom stereocenters. The number of urea groups is 1. The molecule has 3 N–H and O–H groups in total. The van der Waals surface area contributed by atoms with Gasteiger partial charge >= 0.3 is 12.0 Å². The molecule has 2 amide bonds. The molecule has 1 aliphatic rings. The zero-order valence-corrected chi connectivity index (χ0v) is 17.0. The molecule has 0 saturated heterocycles. The molecule has 0 aliphatic carbocycles. The molecule has 2 heterocycles. The lowest BCUT2D eigenvalue weighted by Gasteiger charge is -2.30. The average molecular weight is 418 g/mol. The van der Waals surface area contributed by atoms with E-state index in [2.05, 4.69) is 15.6 Å². The molecule has 3 aromatic rings. The van der Waals surface area contributed by atoms with Gasteiger partial charge in [-0.1, -0.05) is 24.3 Å². The van der Waals surface area contributed by atoms with Crippen LogP contribution >= 0.6 is 0 Å². The average Bonchev–Trinajstić information content (AvgIpc) is 2.76. The highest BCUT2D eigenvalue weighted by molar-refractivity contribution is 5.92. The van der Waals surface area contributed by atoms with Crippen LogP contribution in [0.25, 0.3) is 0 Å². The van der Waals surface area contributed by atoms with Crippen molar-refractivity contribution in [1.29, 1.82) is 0 Å². The highest BCUT2D eigenvalue weighted by Crippen LogP contribution is 2.31. The molecule has 1 aliphatic heterocycles. The maximum Gasteiger partial charge on any atom is 0.323 e. The summed E-state index contributed by atoms with van der Waals surface area (Å²) in [6, 6.07) is 16.5. The number of methoxy groups -OCH3 is 1. The smallest absolute Gasteiger partial charge is 0.323 e. The first-order chi connectivity index (χ1) is 15.0. The van der Waals surface area contributed by atoms with Gasteiger partial charge in [0, 0.05) is 29.7 Å². The number of hydrogen-bond donors (Lipinski definition) is 3. The number of fused-ring (bicyclic) bond motifs is 1. The zero-order valence-electron chi connectivity index (χ0n) is 17.0. The van der Waals surface area contributed by atoms with Crippen LogP contribution in [0.4, 0.5) is 22.0 Å². The van der Waals surface area contributed by atoms with E-state index in [0.29, 0.717) is 18.9 Å². The van der Waals surface area contributed by atoms with Crippen LogP contribution in [0.2, 0.25) is 0 Å². The number of nitrogens with one attached hydrogen (secondary N) is 2. The highest BCUT2D eigenvalue weighted by atomic mass is 16.5. The fourth-order valence-electron chi connectivity index (χ4n) is 3.44. The minimum atomic E-state index is -0.864. The Kier molecular flexibility index (Phi) is 5.70. The van der Waals surface area contributed by atoms with Crippen LogP contribution in [-0.2, 0) is 24.3 Å². The van der Waals surface area contributed by atoms with Crippen LogP contribution in [0, 0.1) is 0 Å². The van der Waals surface area contributed by atoms with E-state index >= 15 is 0 Å². The lowest BCUT2D eigenvalue weighted by Crippen LogP contribution is -2.38. The number of anilines is 3. The summed E-state index contributed by atoms with van der Waals surface area (Å²) in [6.07, 6.45) is 1.62. The van der Waals surface area contributed by atoms with Crippen molar-refractivity contribution in [3.05, 3.63) is 77.5 Å². The second-order valence-electron chi connectivity index (χ2n) is 7.21. The second kappa shape index (κ2) is 8.74. The van der Waals surface area contributed by atoms with Gasteiger partial charge in [0.2, 0.25) is 0 Å². The Bertz CT molecular complexity index is 1100. The van der Waals surface area contributed by atoms with Gasteiger partial charge in [0.15, 0.2) is 0 Å². The molecule has 0 unspecified atom stereocenters. The minimum absolute atomic E-state index is 0.0166. The Morgan fingerprint density at radius 1 is 1.13 bits per heavy atom. The molecule has 0 bridgehead atoms. The molecule has 8 nitrogen and oxygen atoms in total. The van der Waals surface area contributed by atoms with Crippen LogP contribution < -0.4 is 15.4 Å². The molecule has 158 valence electrons. The van der Waals surface area contributed by atoms with E-state index in [1.54, 1.807) is 30.3 Å². The maximum atomic E-state index is 12.6. The third-order valence-electron chi connectivity index (χ3n) is 5.04. The van der Waals surface area contributed by atoms with Gasteiger partial charge in [-0.15, -0.1) is 0 Å². The summed E-state index contributed by atoms with van der Waals surface area (Å²) in [5.74, 6) is 0.433. The zero-order chi connectivity index (χ0) is 21.8. The monoisotopic (exact) mass is 418 g/mol. The van der Waals surface area contributed by atoms with E-state index in [4.69, 9.17) is 9.84 Å². The van der Waals surface area contributed by atoms with Gasteiger partial charge < -0.3 is 20.1 Å². The van der Waals surface area contributed by atoms with E-state index in [9.17, 15) is 9.59 Å². The number of rotatable bonds is 7. The van der Waals surface area contributed by atoms with E-state index in [1.165, 1.54) is 0 Å². The summed E-state index contributed by atoms with van der Waals surface area (Å²) in [5, 5.41) is 15.1. The number of pyridine rings is 1. The third kappa shape index (κ3) is 4.75. The number of carbonyl (C=O) groups is 2. The lowest BCUT2D eigenvalue weighted by molar-refractivity contribution is -0.136. The van der Waals surface area contributed by atoms with Crippen molar-refractivity contribution in [3.63, 3.8) is 0 Å². The molecular formula is C23H22N4O4. The minimum Gasteiger partial charge on any atom is -0.497 e. The number of benzene rings is 2. The molecule has 0 spiro atoms. The standard InChI is InChI=1S/C23H22N4O4/c1-31-18-8-4-16(5-9-18)13-27-14-19-20(10-11-24-22(19)26-23(27)30)25-17-6-2-15(3-7-17)12-21(28)29/h2-11H,12-14H2,1H3,(H,28,29)(H2,24,25,26,30). The summed E-state index contributed by atoms with van der Waals surface area (Å²) in [7, 11) is 1.62. The fraction of sp³-hybridized carbons (Fsp3) is 0.174. The number of aromatic nitrogens is 1. The van der Waals surface area contributed by atoms with Crippen LogP contribution in [-0.4, -0.2) is 34.1 Å². The fourth-order valence-corrected chi connectivity index (χ4v) is 3.44. The Balaban J connectivity index is 1.52. The summed E-state index contributed by atoms with van der Waals surface area (Å²) in [6.45, 7) is 0.855. The van der Waals surface area contributed by atoms with Gasteiger partial charge in [0.1, 0.15) is 11.6 Å². The maximum absolute atomic E-state index is 12.6. The Labute approximate surface area is 179 Å². The molecule has 0 radical (unpaired) electrons. The van der Waals surface area contributed by atoms with Crippen LogP contribution in [0.5, 0.6) is 5.75 Å². The quantitative estimate of drug-likeness (QED) is 0.536. The van der Waals surface area contributed by atoms with Crippen LogP contribution in [0.15, 0.2) is 60.8 Å². The highest BCUT2D eigenvalue weighted by Gasteiger charge is 2.25. The molecule has 0 saturated carbocycles. The largest absolute Gasteiger partial charge is 0.497 e. The van der Waals surface area contributed by atoms with Crippen LogP contribution in [0.1, 0.15) is 16.7 Å². The Morgan fingerprint density at radius 3 is 2.52 bits per heavy atom. The van der Waals surface area contributed by atoms with Gasteiger partial charge in [0.05, 0.1) is 20.1 Å². The van der Waals surface area contributed by atoms with E-state index < -0.39 is 5.97 Å². The predicted octanol–water partition coefficient (Wildman–Crippen LogP) is 4.01. The molecular weight excluding hydrogens is 396 g/mol. The molecule has 1 aromatic heterocycles. The normalized spacial score (nSPS) is 12.7. The predicted molar refractivity (Wildman–Crippen MR) is 117 cm³/mol. The summed E-state index contributed by atoms with van der Waals surface area (Å²) >= 11 is 0. The van der Waals surface area contributed by atoms with Crippen molar-refractivity contribution in [2.75, 3.05) is 17.7 Å². The SMILES string of the molecule is COc1ccc(CN2Cc3c(Nc4ccc(CC(=O)O)cc4)ccnc3NC2=O)cc1. The first kappa shape index (κ1) is 20.2. The van der Waals surface area contributed by atoms with E-state index in [0.717, 1.165) is 33.8 Å². The molecule has 31 heavy (non-hydrogen) atoms. The number of carboxylic acids is 1. The number of aliphatic carboxylic acids is 1. The van der Waals surface area contributed by atoms with Crippen molar-refractivity contribution in [1.82, 2.24) is 9.88 Å². The molecule has 0 fully saturated rings. The van der Waals surface area contributed by atoms with Crippen molar-refractivity contribution in [2.45, 2.75) is 19.5 Å². The van der Waals surface area contributed by atoms with Crippen molar-refractivity contribution < 1.29 is 19.4 Å². The number of nitrogens with zero attached hydrogens (tertiary/aromatic N) is 2. The number of carbonyl (C=O) groups excluding carboxylic acids is 1. The van der Waals surface area contributed by atoms with Gasteiger partial charge in [0.25, 0.3) is 0 Å². The third-order valence-corrected chi connectivity index (χ3v) is 5.04. The Hall–Kier alpha value is -4.07. The number of ether oxygens (including phenoxy) is 1. The van der Waals surface area contributed by atoms with E-state index in [-0.39, 0.29) is 12.5 Å². The van der Waals surface area contributed by atoms with Crippen LogP contribution in [0.3, 0.4) is 0 Å². The summed E-state index contributed by atoms with van der Waals surface area (Å²) < 4.78 is 5.19. The summed E-state index contributed by atoms with van der Waals surface area (Å²) in [5.41, 5.74) is 4.25. The number of amides is 2. The topological polar surface area (TPSA) is 104 Å². The molecule has 4 rings (SSSR count). The first-order valence-electron chi connectivity index (χ1n) is 9.76. The lowest BCUT2D eigenvalue weighted by atomic mass is 10.1. The van der Waals surface area contributed by atoms with Gasteiger partial charge in [-0.2, -0.15) is 0 Å². The van der Waals surface area contributed by atoms with Crippen molar-refractivity contribution in [2.24, 2.45) is 0 Å². The van der Waals surface area contributed by atoms with Crippen molar-refractivity contribution >= 4 is 29.2 Å². The first-order valence-corrected chi connectivity index (χ1v) is 9.76. The number of hydrogen-bond acceptors (Lipinski definition) is 5. The Morgan fingerprint density at radius 2 is 1.84 bits per heavy atom. The van der Waals surface area contributed by atoms with E-state index in [1.807, 2.05) is 42.5 Å². The summed E-state index contributed by atoms with van der Waals surface area (Å²) in [4.78, 5) is 29.4. The van der Waals surface area contributed by atoms with Crippen molar-refractivity contribution in [3.8, 4) is 5.75 Å². The molecule has 8 heteroatoms.